The monoisotopic (exact) mass is 340 g/mol. The molecule has 0 amide bonds. The minimum Gasteiger partial charge on any atom is -0.409 e. The highest BCUT2D eigenvalue weighted by molar-refractivity contribution is 9.10. The van der Waals surface area contributed by atoms with Crippen molar-refractivity contribution in [2.75, 3.05) is 0 Å². The zero-order valence-corrected chi connectivity index (χ0v) is 11.9. The number of nitrogens with two attached hydrogens (primary N) is 1. The van der Waals surface area contributed by atoms with Gasteiger partial charge < -0.3 is 15.9 Å². The average molecular weight is 341 g/mol. The third-order valence-corrected chi connectivity index (χ3v) is 3.63. The molecule has 0 atom stereocenters. The lowest BCUT2D eigenvalue weighted by Crippen LogP contribution is -2.14. The molecule has 98 valence electrons. The van der Waals surface area contributed by atoms with E-state index in [0.29, 0.717) is 15.6 Å². The number of aromatic amines is 1. The van der Waals surface area contributed by atoms with E-state index in [1.165, 1.54) is 24.0 Å². The number of oxime groups is 1. The summed E-state index contributed by atoms with van der Waals surface area (Å²) in [6.07, 6.45) is 1.42. The Morgan fingerprint density at radius 1 is 1.47 bits per heavy atom. The van der Waals surface area contributed by atoms with Crippen molar-refractivity contribution < 1.29 is 5.21 Å². The van der Waals surface area contributed by atoms with E-state index >= 15 is 0 Å². The fourth-order valence-electron chi connectivity index (χ4n) is 1.35. The van der Waals surface area contributed by atoms with Gasteiger partial charge in [-0.1, -0.05) is 32.8 Å². The first-order valence-corrected chi connectivity index (χ1v) is 6.71. The summed E-state index contributed by atoms with van der Waals surface area (Å²) in [4.78, 5) is 18.6. The Labute approximate surface area is 120 Å². The number of hydrogen-bond acceptors (Lipinski definition) is 5. The zero-order valence-electron chi connectivity index (χ0n) is 9.50. The molecule has 1 aromatic heterocycles. The minimum absolute atomic E-state index is 0.00622. The molecule has 0 saturated heterocycles. The second-order valence-electron chi connectivity index (χ2n) is 3.47. The summed E-state index contributed by atoms with van der Waals surface area (Å²) in [7, 11) is 0. The first-order chi connectivity index (χ1) is 9.10. The molecule has 4 N–H and O–H groups in total. The van der Waals surface area contributed by atoms with Crippen LogP contribution in [-0.2, 0) is 0 Å². The second kappa shape index (κ2) is 5.89. The highest BCUT2D eigenvalue weighted by Gasteiger charge is 2.10. The zero-order chi connectivity index (χ0) is 13.8. The quantitative estimate of drug-likeness (QED) is 0.260. The van der Waals surface area contributed by atoms with E-state index in [9.17, 15) is 4.79 Å². The van der Waals surface area contributed by atoms with Crippen LogP contribution in [0.2, 0.25) is 0 Å². The normalized spacial score (nSPS) is 11.5. The molecular weight excluding hydrogens is 332 g/mol. The molecule has 0 saturated carbocycles. The number of benzene rings is 1. The van der Waals surface area contributed by atoms with Crippen LogP contribution in [0.4, 0.5) is 0 Å². The van der Waals surface area contributed by atoms with Crippen LogP contribution < -0.4 is 11.3 Å². The Kier molecular flexibility index (Phi) is 4.23. The van der Waals surface area contributed by atoms with Crippen LogP contribution in [-0.4, -0.2) is 21.0 Å². The van der Waals surface area contributed by atoms with Crippen LogP contribution >= 0.6 is 27.7 Å². The lowest BCUT2D eigenvalue weighted by atomic mass is 10.2. The first-order valence-electron chi connectivity index (χ1n) is 5.11. The van der Waals surface area contributed by atoms with Gasteiger partial charge in [0.1, 0.15) is 0 Å². The number of nitrogens with one attached hydrogen (secondary N) is 1. The van der Waals surface area contributed by atoms with Crippen molar-refractivity contribution >= 4 is 33.5 Å². The smallest absolute Gasteiger partial charge is 0.251 e. The predicted octanol–water partition coefficient (Wildman–Crippen LogP) is 1.78. The molecule has 0 fully saturated rings. The van der Waals surface area contributed by atoms with Crippen molar-refractivity contribution in [3.8, 4) is 0 Å². The van der Waals surface area contributed by atoms with Crippen LogP contribution in [0, 0.1) is 0 Å². The standard InChI is InChI=1S/C11H9BrN4O2S/c12-6-1-2-7(10(13)16-18)8(5-6)19-11-14-4-3-9(17)15-11/h1-5,18H,(H2,13,16)(H,14,15,17). The number of rotatable bonds is 3. The van der Waals surface area contributed by atoms with Gasteiger partial charge in [-0.25, -0.2) is 4.98 Å². The molecule has 6 nitrogen and oxygen atoms in total. The molecule has 0 aliphatic heterocycles. The Morgan fingerprint density at radius 3 is 2.95 bits per heavy atom. The molecule has 0 radical (unpaired) electrons. The van der Waals surface area contributed by atoms with Gasteiger partial charge in [0.05, 0.1) is 0 Å². The summed E-state index contributed by atoms with van der Waals surface area (Å²) in [5.74, 6) is -0.00622. The van der Waals surface area contributed by atoms with Crippen molar-refractivity contribution in [2.45, 2.75) is 10.1 Å². The SMILES string of the molecule is N/C(=N/O)c1ccc(Br)cc1Sc1nccc(=O)[nH]1. The van der Waals surface area contributed by atoms with Crippen LogP contribution in [0.3, 0.4) is 0 Å². The van der Waals surface area contributed by atoms with Crippen LogP contribution in [0.1, 0.15) is 5.56 Å². The Hall–Kier alpha value is -1.80. The van der Waals surface area contributed by atoms with Crippen molar-refractivity contribution in [1.82, 2.24) is 9.97 Å². The number of aromatic nitrogens is 2. The molecule has 0 aliphatic rings. The predicted molar refractivity (Wildman–Crippen MR) is 75.6 cm³/mol. The molecule has 2 rings (SSSR count). The fourth-order valence-corrected chi connectivity index (χ4v) is 2.81. The second-order valence-corrected chi connectivity index (χ2v) is 5.41. The minimum atomic E-state index is -0.238. The largest absolute Gasteiger partial charge is 0.409 e. The van der Waals surface area contributed by atoms with E-state index in [1.807, 2.05) is 0 Å². The van der Waals surface area contributed by atoms with Crippen molar-refractivity contribution in [2.24, 2.45) is 10.9 Å². The van der Waals surface area contributed by atoms with Gasteiger partial charge in [-0.05, 0) is 18.2 Å². The fraction of sp³-hybridized carbons (Fsp3) is 0. The number of nitrogens with zero attached hydrogens (tertiary/aromatic N) is 2. The first kappa shape index (κ1) is 13.6. The lowest BCUT2D eigenvalue weighted by Gasteiger charge is -2.07. The van der Waals surface area contributed by atoms with E-state index in [2.05, 4.69) is 31.1 Å². The van der Waals surface area contributed by atoms with Crippen LogP contribution in [0.25, 0.3) is 0 Å². The number of halogens is 1. The van der Waals surface area contributed by atoms with E-state index in [1.54, 1.807) is 18.2 Å². The number of amidine groups is 1. The summed E-state index contributed by atoms with van der Waals surface area (Å²) in [5.41, 5.74) is 5.93. The molecule has 0 spiro atoms. The third-order valence-electron chi connectivity index (χ3n) is 2.18. The Bertz CT molecular complexity index is 686. The summed E-state index contributed by atoms with van der Waals surface area (Å²) in [6.45, 7) is 0. The van der Waals surface area contributed by atoms with Crippen molar-refractivity contribution in [3.63, 3.8) is 0 Å². The summed E-state index contributed by atoms with van der Waals surface area (Å²) in [5, 5.41) is 12.2. The molecule has 19 heavy (non-hydrogen) atoms. The summed E-state index contributed by atoms with van der Waals surface area (Å²) >= 11 is 4.56. The van der Waals surface area contributed by atoms with E-state index in [4.69, 9.17) is 10.9 Å². The van der Waals surface area contributed by atoms with Gasteiger partial charge in [-0.3, -0.25) is 4.79 Å². The average Bonchev–Trinajstić information content (AvgIpc) is 2.38. The van der Waals surface area contributed by atoms with E-state index < -0.39 is 0 Å². The van der Waals surface area contributed by atoms with Crippen molar-refractivity contribution in [3.05, 3.63) is 50.9 Å². The molecule has 2 aromatic rings. The van der Waals surface area contributed by atoms with Gasteiger partial charge >= 0.3 is 0 Å². The maximum atomic E-state index is 11.2. The Balaban J connectivity index is 2.44. The summed E-state index contributed by atoms with van der Waals surface area (Å²) < 4.78 is 0.836. The van der Waals surface area contributed by atoms with Gasteiger partial charge in [0.2, 0.25) is 0 Å². The molecule has 8 heteroatoms. The molecular formula is C11H9BrN4O2S. The maximum absolute atomic E-state index is 11.2. The van der Waals surface area contributed by atoms with Crippen LogP contribution in [0.5, 0.6) is 0 Å². The van der Waals surface area contributed by atoms with E-state index in [0.717, 1.165) is 4.47 Å². The molecule has 0 unspecified atom stereocenters. The molecule has 0 bridgehead atoms. The van der Waals surface area contributed by atoms with Crippen molar-refractivity contribution in [1.29, 1.82) is 0 Å². The highest BCUT2D eigenvalue weighted by Crippen LogP contribution is 2.30. The van der Waals surface area contributed by atoms with Gasteiger partial charge in [-0.2, -0.15) is 0 Å². The number of H-pyrrole nitrogens is 1. The molecule has 0 aliphatic carbocycles. The number of hydrogen-bond donors (Lipinski definition) is 3. The molecule has 1 heterocycles. The van der Waals surface area contributed by atoms with Gasteiger partial charge in [0.15, 0.2) is 11.0 Å². The summed E-state index contributed by atoms with van der Waals surface area (Å²) in [6, 6.07) is 6.61. The highest BCUT2D eigenvalue weighted by atomic mass is 79.9. The van der Waals surface area contributed by atoms with Gasteiger partial charge in [-0.15, -0.1) is 0 Å². The van der Waals surface area contributed by atoms with E-state index in [-0.39, 0.29) is 11.4 Å². The topological polar surface area (TPSA) is 104 Å². The van der Waals surface area contributed by atoms with Crippen LogP contribution in [0.15, 0.2) is 54.9 Å². The molecule has 1 aromatic carbocycles. The Morgan fingerprint density at radius 2 is 2.26 bits per heavy atom. The van der Waals surface area contributed by atoms with Gasteiger partial charge in [0, 0.05) is 27.2 Å². The maximum Gasteiger partial charge on any atom is 0.251 e. The van der Waals surface area contributed by atoms with Gasteiger partial charge in [0.25, 0.3) is 5.56 Å². The third kappa shape index (κ3) is 3.36. The lowest BCUT2D eigenvalue weighted by molar-refractivity contribution is 0.318.